The summed E-state index contributed by atoms with van der Waals surface area (Å²) < 4.78 is 41.3. The van der Waals surface area contributed by atoms with Crippen molar-refractivity contribution in [1.82, 2.24) is 5.32 Å². The van der Waals surface area contributed by atoms with Gasteiger partial charge in [0.25, 0.3) is 0 Å². The Morgan fingerprint density at radius 2 is 1.62 bits per heavy atom. The van der Waals surface area contributed by atoms with Crippen LogP contribution in [0.2, 0.25) is 0 Å². The fourth-order valence-corrected chi connectivity index (χ4v) is 2.46. The van der Waals surface area contributed by atoms with Gasteiger partial charge in [0, 0.05) is 22.1 Å². The second-order valence-electron chi connectivity index (χ2n) is 4.73. The van der Waals surface area contributed by atoms with Crippen molar-refractivity contribution >= 4 is 15.9 Å². The molecule has 0 aliphatic carbocycles. The van der Waals surface area contributed by atoms with Crippen LogP contribution in [0.5, 0.6) is 0 Å². The SMILES string of the molecule is CCNC(Cc1ccc(Br)cc1)c1cc(F)c(F)cc1F. The standard InChI is InChI=1S/C16H15BrF3N/c1-2-21-16(7-10-3-5-11(17)6-4-10)12-8-14(19)15(20)9-13(12)18/h3-6,8-9,16,21H,2,7H2,1H3. The molecule has 112 valence electrons. The van der Waals surface area contributed by atoms with Gasteiger partial charge in [0.15, 0.2) is 11.6 Å². The highest BCUT2D eigenvalue weighted by molar-refractivity contribution is 9.10. The van der Waals surface area contributed by atoms with Crippen LogP contribution in [0.1, 0.15) is 24.1 Å². The molecule has 0 fully saturated rings. The van der Waals surface area contributed by atoms with Crippen molar-refractivity contribution in [1.29, 1.82) is 0 Å². The van der Waals surface area contributed by atoms with Gasteiger partial charge < -0.3 is 5.32 Å². The Hall–Kier alpha value is -1.33. The molecule has 1 atom stereocenters. The minimum absolute atomic E-state index is 0.138. The fourth-order valence-electron chi connectivity index (χ4n) is 2.20. The van der Waals surface area contributed by atoms with Gasteiger partial charge in [-0.15, -0.1) is 0 Å². The maximum Gasteiger partial charge on any atom is 0.161 e. The van der Waals surface area contributed by atoms with Gasteiger partial charge in [-0.1, -0.05) is 35.0 Å². The van der Waals surface area contributed by atoms with E-state index >= 15 is 0 Å². The highest BCUT2D eigenvalue weighted by Gasteiger charge is 2.18. The fraction of sp³-hybridized carbons (Fsp3) is 0.250. The Labute approximate surface area is 130 Å². The van der Waals surface area contributed by atoms with Gasteiger partial charge in [-0.2, -0.15) is 0 Å². The van der Waals surface area contributed by atoms with Gasteiger partial charge in [-0.3, -0.25) is 0 Å². The molecule has 0 saturated heterocycles. The normalized spacial score (nSPS) is 12.4. The van der Waals surface area contributed by atoms with E-state index in [0.29, 0.717) is 19.0 Å². The highest BCUT2D eigenvalue weighted by atomic mass is 79.9. The summed E-state index contributed by atoms with van der Waals surface area (Å²) in [5, 5.41) is 3.11. The van der Waals surface area contributed by atoms with E-state index in [1.165, 1.54) is 0 Å². The largest absolute Gasteiger partial charge is 0.310 e. The Balaban J connectivity index is 2.30. The van der Waals surface area contributed by atoms with Crippen LogP contribution >= 0.6 is 15.9 Å². The van der Waals surface area contributed by atoms with Crippen molar-refractivity contribution in [2.75, 3.05) is 6.54 Å². The van der Waals surface area contributed by atoms with Crippen LogP contribution in [0.3, 0.4) is 0 Å². The average molecular weight is 358 g/mol. The molecular weight excluding hydrogens is 343 g/mol. The molecule has 2 aromatic carbocycles. The molecule has 0 bridgehead atoms. The van der Waals surface area contributed by atoms with E-state index in [-0.39, 0.29) is 5.56 Å². The van der Waals surface area contributed by atoms with Gasteiger partial charge in [0.05, 0.1) is 0 Å². The molecule has 0 heterocycles. The van der Waals surface area contributed by atoms with Crippen molar-refractivity contribution in [3.05, 3.63) is 69.4 Å². The summed E-state index contributed by atoms with van der Waals surface area (Å²) in [6.45, 7) is 2.48. The lowest BCUT2D eigenvalue weighted by Gasteiger charge is -2.19. The molecule has 0 amide bonds. The molecule has 1 unspecified atom stereocenters. The van der Waals surface area contributed by atoms with E-state index < -0.39 is 23.5 Å². The summed E-state index contributed by atoms with van der Waals surface area (Å²) in [5.74, 6) is -2.95. The number of likely N-dealkylation sites (N-methyl/N-ethyl adjacent to an activating group) is 1. The molecule has 2 aromatic rings. The second-order valence-corrected chi connectivity index (χ2v) is 5.64. The van der Waals surface area contributed by atoms with Crippen LogP contribution in [-0.2, 0) is 6.42 Å². The molecule has 0 aromatic heterocycles. The van der Waals surface area contributed by atoms with E-state index in [1.807, 2.05) is 31.2 Å². The minimum Gasteiger partial charge on any atom is -0.310 e. The lowest BCUT2D eigenvalue weighted by Crippen LogP contribution is -2.24. The molecule has 1 nitrogen and oxygen atoms in total. The zero-order valence-electron chi connectivity index (χ0n) is 11.5. The monoisotopic (exact) mass is 357 g/mol. The van der Waals surface area contributed by atoms with Gasteiger partial charge in [0.2, 0.25) is 0 Å². The van der Waals surface area contributed by atoms with Crippen molar-refractivity contribution in [2.24, 2.45) is 0 Å². The molecule has 0 spiro atoms. The zero-order chi connectivity index (χ0) is 15.4. The first-order chi connectivity index (χ1) is 10.0. The van der Waals surface area contributed by atoms with Crippen molar-refractivity contribution < 1.29 is 13.2 Å². The number of rotatable bonds is 5. The van der Waals surface area contributed by atoms with E-state index in [4.69, 9.17) is 0 Å². The molecule has 0 radical (unpaired) electrons. The second kappa shape index (κ2) is 7.09. The maximum atomic E-state index is 13.9. The van der Waals surface area contributed by atoms with Crippen molar-refractivity contribution in [2.45, 2.75) is 19.4 Å². The van der Waals surface area contributed by atoms with Crippen molar-refractivity contribution in [3.63, 3.8) is 0 Å². The summed E-state index contributed by atoms with van der Waals surface area (Å²) in [4.78, 5) is 0. The summed E-state index contributed by atoms with van der Waals surface area (Å²) in [6.07, 6.45) is 0.489. The first kappa shape index (κ1) is 16.0. The van der Waals surface area contributed by atoms with Crippen LogP contribution in [0.25, 0.3) is 0 Å². The summed E-state index contributed by atoms with van der Waals surface area (Å²) in [5.41, 5.74) is 1.12. The Kier molecular flexibility index (Phi) is 5.42. The third kappa shape index (κ3) is 4.08. The smallest absolute Gasteiger partial charge is 0.161 e. The summed E-state index contributed by atoms with van der Waals surface area (Å²) in [6, 6.07) is 8.71. The van der Waals surface area contributed by atoms with E-state index in [1.54, 1.807) is 0 Å². The molecule has 0 aliphatic heterocycles. The average Bonchev–Trinajstić information content (AvgIpc) is 2.45. The zero-order valence-corrected chi connectivity index (χ0v) is 13.1. The van der Waals surface area contributed by atoms with E-state index in [9.17, 15) is 13.2 Å². The molecular formula is C16H15BrF3N. The third-order valence-electron chi connectivity index (χ3n) is 3.22. The van der Waals surface area contributed by atoms with Crippen LogP contribution in [-0.4, -0.2) is 6.54 Å². The summed E-state index contributed by atoms with van der Waals surface area (Å²) >= 11 is 3.35. The third-order valence-corrected chi connectivity index (χ3v) is 3.75. The molecule has 0 saturated carbocycles. The van der Waals surface area contributed by atoms with Gasteiger partial charge in [-0.05, 0) is 36.7 Å². The summed E-state index contributed by atoms with van der Waals surface area (Å²) in [7, 11) is 0. The minimum atomic E-state index is -1.17. The molecule has 5 heteroatoms. The van der Waals surface area contributed by atoms with Crippen LogP contribution in [0, 0.1) is 17.5 Å². The van der Waals surface area contributed by atoms with E-state index in [0.717, 1.165) is 16.1 Å². The first-order valence-electron chi connectivity index (χ1n) is 6.63. The lowest BCUT2D eigenvalue weighted by atomic mass is 9.98. The van der Waals surface area contributed by atoms with Crippen LogP contribution in [0.4, 0.5) is 13.2 Å². The highest BCUT2D eigenvalue weighted by Crippen LogP contribution is 2.24. The van der Waals surface area contributed by atoms with Gasteiger partial charge in [0.1, 0.15) is 5.82 Å². The topological polar surface area (TPSA) is 12.0 Å². The maximum absolute atomic E-state index is 13.9. The molecule has 1 N–H and O–H groups in total. The lowest BCUT2D eigenvalue weighted by molar-refractivity contribution is 0.467. The Morgan fingerprint density at radius 1 is 1.00 bits per heavy atom. The Morgan fingerprint density at radius 3 is 2.24 bits per heavy atom. The van der Waals surface area contributed by atoms with Crippen molar-refractivity contribution in [3.8, 4) is 0 Å². The number of halogens is 4. The van der Waals surface area contributed by atoms with Gasteiger partial charge >= 0.3 is 0 Å². The number of nitrogens with one attached hydrogen (secondary N) is 1. The van der Waals surface area contributed by atoms with Crippen LogP contribution in [0.15, 0.2) is 40.9 Å². The van der Waals surface area contributed by atoms with Gasteiger partial charge in [-0.25, -0.2) is 13.2 Å². The Bertz CT molecular complexity index is 614. The predicted octanol–water partition coefficient (Wildman–Crippen LogP) is 4.76. The molecule has 2 rings (SSSR count). The predicted molar refractivity (Wildman–Crippen MR) is 80.6 cm³/mol. The first-order valence-corrected chi connectivity index (χ1v) is 7.42. The quantitative estimate of drug-likeness (QED) is 0.760. The number of hydrogen-bond acceptors (Lipinski definition) is 1. The van der Waals surface area contributed by atoms with E-state index in [2.05, 4.69) is 21.2 Å². The molecule has 0 aliphatic rings. The number of benzene rings is 2. The van der Waals surface area contributed by atoms with Crippen LogP contribution < -0.4 is 5.32 Å². The molecule has 21 heavy (non-hydrogen) atoms. The number of hydrogen-bond donors (Lipinski definition) is 1.